The first-order chi connectivity index (χ1) is 19.0. The molecule has 3 heterocycles. The lowest BCUT2D eigenvalue weighted by Gasteiger charge is -2.17. The van der Waals surface area contributed by atoms with Gasteiger partial charge < -0.3 is 16.0 Å². The number of anilines is 3. The van der Waals surface area contributed by atoms with E-state index in [1.165, 1.54) is 5.56 Å². The summed E-state index contributed by atoms with van der Waals surface area (Å²) in [4.78, 5) is 36.7. The molecule has 1 aromatic heterocycles. The fourth-order valence-electron chi connectivity index (χ4n) is 5.06. The Kier molecular flexibility index (Phi) is 6.96. The molecular weight excluding hydrogens is 512 g/mol. The minimum Gasteiger partial charge on any atom is -0.348 e. The number of nitrogens with zero attached hydrogens (tertiary/aromatic N) is 3. The molecule has 3 aromatic carbocycles. The van der Waals surface area contributed by atoms with Gasteiger partial charge in [-0.2, -0.15) is 0 Å². The SMILES string of the molecule is O=C1Cc2cnc(Nc3ccc(C(=O)NC4CCN(Cc5ccccc5)C4)cc3)nc2-c2ccc(Cl)cc2N1. The van der Waals surface area contributed by atoms with E-state index in [0.717, 1.165) is 42.9 Å². The molecule has 196 valence electrons. The Hall–Kier alpha value is -4.27. The number of benzene rings is 3. The molecule has 9 heteroatoms. The summed E-state index contributed by atoms with van der Waals surface area (Å²) < 4.78 is 0. The van der Waals surface area contributed by atoms with E-state index in [1.807, 2.05) is 24.3 Å². The molecule has 2 aliphatic heterocycles. The number of halogens is 1. The maximum absolute atomic E-state index is 12.9. The van der Waals surface area contributed by atoms with Crippen molar-refractivity contribution < 1.29 is 9.59 Å². The van der Waals surface area contributed by atoms with E-state index in [4.69, 9.17) is 16.6 Å². The van der Waals surface area contributed by atoms with Crippen LogP contribution in [0.25, 0.3) is 11.3 Å². The molecule has 0 aliphatic carbocycles. The number of amides is 2. The molecule has 8 nitrogen and oxygen atoms in total. The van der Waals surface area contributed by atoms with E-state index in [-0.39, 0.29) is 24.3 Å². The zero-order valence-electron chi connectivity index (χ0n) is 21.2. The number of likely N-dealkylation sites (tertiary alicyclic amines) is 1. The molecule has 3 N–H and O–H groups in total. The zero-order valence-corrected chi connectivity index (χ0v) is 21.9. The Balaban J connectivity index is 1.10. The molecule has 2 amide bonds. The number of fused-ring (bicyclic) bond motifs is 3. The van der Waals surface area contributed by atoms with Crippen molar-refractivity contribution >= 4 is 40.7 Å². The largest absolute Gasteiger partial charge is 0.348 e. The second-order valence-electron chi connectivity index (χ2n) is 9.86. The first kappa shape index (κ1) is 25.0. The van der Waals surface area contributed by atoms with Gasteiger partial charge in [0.25, 0.3) is 5.91 Å². The Morgan fingerprint density at radius 3 is 2.72 bits per heavy atom. The quantitative estimate of drug-likeness (QED) is 0.318. The van der Waals surface area contributed by atoms with Gasteiger partial charge in [0.15, 0.2) is 0 Å². The van der Waals surface area contributed by atoms with Crippen molar-refractivity contribution in [3.63, 3.8) is 0 Å². The molecule has 39 heavy (non-hydrogen) atoms. The van der Waals surface area contributed by atoms with Crippen LogP contribution in [0.3, 0.4) is 0 Å². The first-order valence-electron chi connectivity index (χ1n) is 12.9. The van der Waals surface area contributed by atoms with Crippen LogP contribution in [0, 0.1) is 0 Å². The Labute approximate surface area is 231 Å². The highest BCUT2D eigenvalue weighted by molar-refractivity contribution is 6.31. The normalized spacial score (nSPS) is 16.5. The van der Waals surface area contributed by atoms with Gasteiger partial charge in [0.05, 0.1) is 17.8 Å². The lowest BCUT2D eigenvalue weighted by atomic mass is 10.1. The fraction of sp³-hybridized carbons (Fsp3) is 0.200. The third-order valence-corrected chi connectivity index (χ3v) is 7.22. The third kappa shape index (κ3) is 5.77. The van der Waals surface area contributed by atoms with Gasteiger partial charge in [-0.3, -0.25) is 14.5 Å². The van der Waals surface area contributed by atoms with Gasteiger partial charge in [-0.15, -0.1) is 0 Å². The molecule has 2 aliphatic rings. The second kappa shape index (κ2) is 10.8. The highest BCUT2D eigenvalue weighted by atomic mass is 35.5. The van der Waals surface area contributed by atoms with Crippen LogP contribution in [0.5, 0.6) is 0 Å². The van der Waals surface area contributed by atoms with E-state index >= 15 is 0 Å². The van der Waals surface area contributed by atoms with Crippen molar-refractivity contribution in [3.05, 3.63) is 101 Å². The first-order valence-corrected chi connectivity index (χ1v) is 13.3. The summed E-state index contributed by atoms with van der Waals surface area (Å²) in [7, 11) is 0. The molecule has 0 spiro atoms. The maximum atomic E-state index is 12.9. The van der Waals surface area contributed by atoms with Gasteiger partial charge in [-0.05, 0) is 54.4 Å². The zero-order chi connectivity index (χ0) is 26.8. The van der Waals surface area contributed by atoms with Crippen LogP contribution in [0.15, 0.2) is 79.0 Å². The summed E-state index contributed by atoms with van der Waals surface area (Å²) in [6.45, 7) is 2.70. The van der Waals surface area contributed by atoms with Crippen LogP contribution in [-0.4, -0.2) is 45.8 Å². The summed E-state index contributed by atoms with van der Waals surface area (Å²) in [6, 6.07) is 23.1. The molecule has 6 rings (SSSR count). The van der Waals surface area contributed by atoms with Gasteiger partial charge in [0.1, 0.15) is 0 Å². The number of nitrogens with one attached hydrogen (secondary N) is 3. The van der Waals surface area contributed by atoms with Crippen LogP contribution in [-0.2, 0) is 17.8 Å². The minimum absolute atomic E-state index is 0.0816. The van der Waals surface area contributed by atoms with E-state index in [1.54, 1.807) is 30.5 Å². The average molecular weight is 539 g/mol. The Morgan fingerprint density at radius 2 is 1.90 bits per heavy atom. The molecule has 4 aromatic rings. The number of carbonyl (C=O) groups is 2. The predicted molar refractivity (Wildman–Crippen MR) is 152 cm³/mol. The number of carbonyl (C=O) groups excluding carboxylic acids is 2. The van der Waals surface area contributed by atoms with Crippen molar-refractivity contribution in [1.29, 1.82) is 0 Å². The van der Waals surface area contributed by atoms with Crippen molar-refractivity contribution in [2.24, 2.45) is 0 Å². The topological polar surface area (TPSA) is 99.2 Å². The predicted octanol–water partition coefficient (Wildman–Crippen LogP) is 5.04. The van der Waals surface area contributed by atoms with Crippen LogP contribution in [0.2, 0.25) is 5.02 Å². The third-order valence-electron chi connectivity index (χ3n) is 6.99. The molecule has 1 fully saturated rings. The number of aromatic nitrogens is 2. The lowest BCUT2D eigenvalue weighted by molar-refractivity contribution is -0.115. The maximum Gasteiger partial charge on any atom is 0.251 e. The minimum atomic E-state index is -0.142. The van der Waals surface area contributed by atoms with Gasteiger partial charge >= 0.3 is 0 Å². The summed E-state index contributed by atoms with van der Waals surface area (Å²) in [5, 5.41) is 9.79. The van der Waals surface area contributed by atoms with Gasteiger partial charge in [0.2, 0.25) is 11.9 Å². The van der Waals surface area contributed by atoms with E-state index in [2.05, 4.69) is 50.1 Å². The van der Waals surface area contributed by atoms with E-state index < -0.39 is 0 Å². The molecular formula is C30H27ClN6O2. The van der Waals surface area contributed by atoms with Crippen molar-refractivity contribution in [1.82, 2.24) is 20.2 Å². The molecule has 0 saturated carbocycles. The van der Waals surface area contributed by atoms with Gasteiger partial charge in [-0.1, -0.05) is 41.9 Å². The van der Waals surface area contributed by atoms with Crippen LogP contribution < -0.4 is 16.0 Å². The smallest absolute Gasteiger partial charge is 0.251 e. The molecule has 0 bridgehead atoms. The Bertz CT molecular complexity index is 1530. The highest BCUT2D eigenvalue weighted by Gasteiger charge is 2.24. The fourth-order valence-corrected chi connectivity index (χ4v) is 5.23. The molecule has 1 saturated heterocycles. The van der Waals surface area contributed by atoms with E-state index in [9.17, 15) is 9.59 Å². The number of rotatable bonds is 6. The highest BCUT2D eigenvalue weighted by Crippen LogP contribution is 2.34. The standard InChI is InChI=1S/C30H27ClN6O2/c31-22-8-11-25-26(15-22)35-27(38)14-21-16-32-30(36-28(21)25)34-23-9-6-20(7-10-23)29(39)33-24-12-13-37(18-24)17-19-4-2-1-3-5-19/h1-11,15-16,24H,12-14,17-18H2,(H,33,39)(H,35,38)(H,32,34,36). The summed E-state index contributed by atoms with van der Waals surface area (Å²) in [5.74, 6) is 0.171. The van der Waals surface area contributed by atoms with E-state index in [0.29, 0.717) is 27.9 Å². The van der Waals surface area contributed by atoms with Crippen LogP contribution in [0.4, 0.5) is 17.3 Å². The van der Waals surface area contributed by atoms with Gasteiger partial charge in [-0.25, -0.2) is 9.97 Å². The summed E-state index contributed by atoms with van der Waals surface area (Å²) in [5.41, 5.74) is 5.45. The van der Waals surface area contributed by atoms with Crippen molar-refractivity contribution in [3.8, 4) is 11.3 Å². The van der Waals surface area contributed by atoms with Crippen LogP contribution in [0.1, 0.15) is 27.9 Å². The Morgan fingerprint density at radius 1 is 1.08 bits per heavy atom. The molecule has 1 atom stereocenters. The van der Waals surface area contributed by atoms with Gasteiger partial charge in [0, 0.05) is 59.3 Å². The summed E-state index contributed by atoms with van der Waals surface area (Å²) in [6.07, 6.45) is 2.78. The van der Waals surface area contributed by atoms with Crippen LogP contribution >= 0.6 is 11.6 Å². The lowest BCUT2D eigenvalue weighted by Crippen LogP contribution is -2.36. The summed E-state index contributed by atoms with van der Waals surface area (Å²) >= 11 is 6.13. The van der Waals surface area contributed by atoms with Crippen molar-refractivity contribution in [2.45, 2.75) is 25.4 Å². The number of hydrogen-bond donors (Lipinski definition) is 3. The molecule has 1 unspecified atom stereocenters. The monoisotopic (exact) mass is 538 g/mol. The second-order valence-corrected chi connectivity index (χ2v) is 10.3. The van der Waals surface area contributed by atoms with Crippen molar-refractivity contribution in [2.75, 3.05) is 23.7 Å². The average Bonchev–Trinajstić information content (AvgIpc) is 3.31. The number of hydrogen-bond acceptors (Lipinski definition) is 6. The molecule has 0 radical (unpaired) electrons.